The van der Waals surface area contributed by atoms with Gasteiger partial charge in [0.05, 0.1) is 0 Å². The lowest BCUT2D eigenvalue weighted by atomic mass is 9.59. The minimum absolute atomic E-state index is 0.0152. The van der Waals surface area contributed by atoms with Crippen molar-refractivity contribution in [3.63, 3.8) is 0 Å². The first-order chi connectivity index (χ1) is 8.79. The first-order valence-corrected chi connectivity index (χ1v) is 6.57. The van der Waals surface area contributed by atoms with E-state index in [4.69, 9.17) is 0 Å². The number of ketones is 1. The Kier molecular flexibility index (Phi) is 1.95. The molecule has 0 radical (unpaired) electrons. The molecule has 0 saturated carbocycles. The molecule has 18 heavy (non-hydrogen) atoms. The van der Waals surface area contributed by atoms with E-state index in [-0.39, 0.29) is 11.2 Å². The summed E-state index contributed by atoms with van der Waals surface area (Å²) in [6, 6.07) is 9.00. The Bertz CT molecular complexity index is 599. The summed E-state index contributed by atoms with van der Waals surface area (Å²) in [5.41, 5.74) is 4.09. The van der Waals surface area contributed by atoms with Crippen molar-refractivity contribution in [3.8, 4) is 0 Å². The molecule has 1 aromatic carbocycles. The number of allylic oxidation sites excluding steroid dienone is 3. The second kappa shape index (κ2) is 3.42. The lowest BCUT2D eigenvalue weighted by Crippen LogP contribution is -2.53. The molecule has 0 amide bonds. The van der Waals surface area contributed by atoms with Gasteiger partial charge >= 0.3 is 0 Å². The van der Waals surface area contributed by atoms with Crippen LogP contribution in [0.2, 0.25) is 0 Å². The maximum absolute atomic E-state index is 11.7. The predicted octanol–water partition coefficient (Wildman–Crippen LogP) is 1.91. The third-order valence-corrected chi connectivity index (χ3v) is 4.55. The second-order valence-electron chi connectivity index (χ2n) is 5.42. The fourth-order valence-electron chi connectivity index (χ4n) is 3.76. The zero-order chi connectivity index (χ0) is 12.2. The molecule has 2 atom stereocenters. The molecule has 1 saturated heterocycles. The Morgan fingerprint density at radius 2 is 2.17 bits per heavy atom. The predicted molar refractivity (Wildman–Crippen MR) is 70.5 cm³/mol. The number of piperidine rings is 1. The molecule has 2 aliphatic carbocycles. The van der Waals surface area contributed by atoms with Crippen molar-refractivity contribution in [2.45, 2.75) is 24.3 Å². The molecule has 2 heteroatoms. The number of rotatable bonds is 0. The second-order valence-corrected chi connectivity index (χ2v) is 5.42. The zero-order valence-corrected chi connectivity index (χ0v) is 10.1. The van der Waals surface area contributed by atoms with Gasteiger partial charge in [0, 0.05) is 11.5 Å². The number of hydrogen-bond donors (Lipinski definition) is 1. The molecule has 0 unspecified atom stereocenters. The van der Waals surface area contributed by atoms with E-state index < -0.39 is 0 Å². The van der Waals surface area contributed by atoms with Crippen LogP contribution in [0.4, 0.5) is 0 Å². The number of fused-ring (bicyclic) bond motifs is 1. The molecule has 2 nitrogen and oxygen atoms in total. The summed E-state index contributed by atoms with van der Waals surface area (Å²) < 4.78 is 0. The molecular weight excluding hydrogens is 222 g/mol. The fourth-order valence-corrected chi connectivity index (χ4v) is 3.76. The molecule has 1 aromatic rings. The molecule has 1 N–H and O–H groups in total. The van der Waals surface area contributed by atoms with Crippen molar-refractivity contribution in [2.75, 3.05) is 6.54 Å². The summed E-state index contributed by atoms with van der Waals surface area (Å²) in [7, 11) is 0. The van der Waals surface area contributed by atoms with Gasteiger partial charge in [-0.1, -0.05) is 30.3 Å². The zero-order valence-electron chi connectivity index (χ0n) is 10.1. The number of nitrogens with one attached hydrogen (secondary N) is 1. The standard InChI is InChI=1S/C16H15NO/c18-12-5-6-16-7-8-17-15(14(16)10-12)9-11-3-1-2-4-13(11)16/h1-6,10,15,17H,7-9H2/t15-,16+/m1/s1. The molecule has 1 aliphatic heterocycles. The number of benzene rings is 1. The van der Waals surface area contributed by atoms with Crippen molar-refractivity contribution in [1.82, 2.24) is 5.32 Å². The van der Waals surface area contributed by atoms with E-state index in [0.717, 1.165) is 19.4 Å². The van der Waals surface area contributed by atoms with Crippen molar-refractivity contribution < 1.29 is 4.79 Å². The summed E-state index contributed by atoms with van der Waals surface area (Å²) >= 11 is 0. The highest BCUT2D eigenvalue weighted by atomic mass is 16.1. The highest BCUT2D eigenvalue weighted by Crippen LogP contribution is 2.48. The van der Waals surface area contributed by atoms with Crippen molar-refractivity contribution in [2.24, 2.45) is 0 Å². The van der Waals surface area contributed by atoms with E-state index in [1.165, 1.54) is 16.7 Å². The molecule has 1 fully saturated rings. The Balaban J connectivity index is 2.01. The molecule has 4 rings (SSSR count). The monoisotopic (exact) mass is 237 g/mol. The summed E-state index contributed by atoms with van der Waals surface area (Å²) in [5, 5.41) is 3.55. The summed E-state index contributed by atoms with van der Waals surface area (Å²) in [4.78, 5) is 11.7. The van der Waals surface area contributed by atoms with Gasteiger partial charge < -0.3 is 5.32 Å². The maximum atomic E-state index is 11.7. The van der Waals surface area contributed by atoms with Crippen LogP contribution in [-0.2, 0) is 16.6 Å². The average Bonchev–Trinajstić information content (AvgIpc) is 2.39. The third-order valence-electron chi connectivity index (χ3n) is 4.55. The maximum Gasteiger partial charge on any atom is 0.178 e. The summed E-state index contributed by atoms with van der Waals surface area (Å²) in [5.74, 6) is 0.133. The largest absolute Gasteiger partial charge is 0.310 e. The Morgan fingerprint density at radius 1 is 1.28 bits per heavy atom. The number of carbonyl (C=O) groups is 1. The highest BCUT2D eigenvalue weighted by molar-refractivity contribution is 6.02. The summed E-state index contributed by atoms with van der Waals surface area (Å²) in [6.45, 7) is 1.02. The Labute approximate surface area is 106 Å². The molecule has 0 spiro atoms. The van der Waals surface area contributed by atoms with E-state index in [0.29, 0.717) is 6.04 Å². The SMILES string of the molecule is O=C1C=C[C@]23CCN[C@H](Cc4ccccc42)C3=C1. The van der Waals surface area contributed by atoms with Crippen LogP contribution in [0.5, 0.6) is 0 Å². The minimum atomic E-state index is -0.0152. The van der Waals surface area contributed by atoms with Gasteiger partial charge in [-0.25, -0.2) is 0 Å². The molecule has 90 valence electrons. The highest BCUT2D eigenvalue weighted by Gasteiger charge is 2.46. The normalized spacial score (nSPS) is 32.6. The van der Waals surface area contributed by atoms with Crippen LogP contribution in [0.1, 0.15) is 17.5 Å². The quantitative estimate of drug-likeness (QED) is 0.746. The van der Waals surface area contributed by atoms with E-state index >= 15 is 0 Å². The van der Waals surface area contributed by atoms with Crippen molar-refractivity contribution in [1.29, 1.82) is 0 Å². The first kappa shape index (κ1) is 10.3. The molecule has 0 aromatic heterocycles. The number of hydrogen-bond acceptors (Lipinski definition) is 2. The van der Waals surface area contributed by atoms with Gasteiger partial charge in [0.25, 0.3) is 0 Å². The van der Waals surface area contributed by atoms with Crippen LogP contribution in [0.3, 0.4) is 0 Å². The Hall–Kier alpha value is -1.67. The van der Waals surface area contributed by atoms with Crippen molar-refractivity contribution >= 4 is 5.78 Å². The molecular formula is C16H15NO. The van der Waals surface area contributed by atoms with E-state index in [1.807, 2.05) is 6.08 Å². The summed E-state index contributed by atoms with van der Waals surface area (Å²) in [6.07, 6.45) is 7.79. The fraction of sp³-hybridized carbons (Fsp3) is 0.312. The molecule has 2 bridgehead atoms. The number of carbonyl (C=O) groups excluding carboxylic acids is 1. The minimum Gasteiger partial charge on any atom is -0.310 e. The van der Waals surface area contributed by atoms with Gasteiger partial charge in [-0.3, -0.25) is 4.79 Å². The van der Waals surface area contributed by atoms with Crippen LogP contribution >= 0.6 is 0 Å². The third kappa shape index (κ3) is 1.19. The Morgan fingerprint density at radius 3 is 3.11 bits per heavy atom. The topological polar surface area (TPSA) is 29.1 Å². The van der Waals surface area contributed by atoms with E-state index in [1.54, 1.807) is 6.08 Å². The van der Waals surface area contributed by atoms with Crippen LogP contribution in [0, 0.1) is 0 Å². The first-order valence-electron chi connectivity index (χ1n) is 6.57. The van der Waals surface area contributed by atoms with Gasteiger partial charge in [-0.05, 0) is 48.2 Å². The van der Waals surface area contributed by atoms with Crippen LogP contribution in [0.15, 0.2) is 48.1 Å². The van der Waals surface area contributed by atoms with Crippen molar-refractivity contribution in [3.05, 3.63) is 59.2 Å². The van der Waals surface area contributed by atoms with Crippen LogP contribution in [0.25, 0.3) is 0 Å². The van der Waals surface area contributed by atoms with Gasteiger partial charge in [-0.2, -0.15) is 0 Å². The van der Waals surface area contributed by atoms with Gasteiger partial charge in [-0.15, -0.1) is 0 Å². The molecule has 3 aliphatic rings. The average molecular weight is 237 g/mol. The van der Waals surface area contributed by atoms with Crippen LogP contribution < -0.4 is 5.32 Å². The van der Waals surface area contributed by atoms with Crippen LogP contribution in [-0.4, -0.2) is 18.4 Å². The van der Waals surface area contributed by atoms with E-state index in [9.17, 15) is 4.79 Å². The van der Waals surface area contributed by atoms with Gasteiger partial charge in [0.15, 0.2) is 5.78 Å². The van der Waals surface area contributed by atoms with Gasteiger partial charge in [0.1, 0.15) is 0 Å². The van der Waals surface area contributed by atoms with Gasteiger partial charge in [0.2, 0.25) is 0 Å². The van der Waals surface area contributed by atoms with E-state index in [2.05, 4.69) is 35.7 Å². The smallest absolute Gasteiger partial charge is 0.178 e. The lowest BCUT2D eigenvalue weighted by molar-refractivity contribution is -0.110. The lowest BCUT2D eigenvalue weighted by Gasteiger charge is -2.48. The molecule has 1 heterocycles.